The lowest BCUT2D eigenvalue weighted by Crippen LogP contribution is -2.05. The third-order valence-electron chi connectivity index (χ3n) is 1.71. The van der Waals surface area contributed by atoms with Crippen molar-refractivity contribution in [3.05, 3.63) is 35.1 Å². The molecule has 1 aromatic carbocycles. The second kappa shape index (κ2) is 5.13. The molecule has 0 heterocycles. The molecule has 0 aromatic heterocycles. The molecule has 15 heavy (non-hydrogen) atoms. The first-order valence-electron chi connectivity index (χ1n) is 4.17. The van der Waals surface area contributed by atoms with Gasteiger partial charge < -0.3 is 9.84 Å². The predicted octanol–water partition coefficient (Wildman–Crippen LogP) is 0.956. The molecule has 0 saturated carbocycles. The molecule has 4 heteroatoms. The van der Waals surface area contributed by atoms with Crippen LogP contribution in [-0.2, 0) is 4.74 Å². The van der Waals surface area contributed by atoms with Crippen molar-refractivity contribution >= 4 is 5.97 Å². The Labute approximate surface area is 86.5 Å². The number of methoxy groups -OCH3 is 1. The molecule has 0 aliphatic carbocycles. The van der Waals surface area contributed by atoms with Crippen molar-refractivity contribution < 1.29 is 19.0 Å². The van der Waals surface area contributed by atoms with Crippen molar-refractivity contribution in [3.63, 3.8) is 0 Å². The molecule has 1 N–H and O–H groups in total. The van der Waals surface area contributed by atoms with Gasteiger partial charge in [-0.05, 0) is 12.1 Å². The minimum Gasteiger partial charge on any atom is -0.465 e. The zero-order valence-corrected chi connectivity index (χ0v) is 8.08. The monoisotopic (exact) mass is 208 g/mol. The van der Waals surface area contributed by atoms with Gasteiger partial charge in [0.1, 0.15) is 6.61 Å². The van der Waals surface area contributed by atoms with Crippen molar-refractivity contribution in [3.8, 4) is 11.8 Å². The summed E-state index contributed by atoms with van der Waals surface area (Å²) in [5.41, 5.74) is -0.103. The third-order valence-corrected chi connectivity index (χ3v) is 1.71. The molecule has 0 atom stereocenters. The molecular weight excluding hydrogens is 199 g/mol. The Morgan fingerprint density at radius 1 is 1.60 bits per heavy atom. The second-order valence-corrected chi connectivity index (χ2v) is 2.62. The van der Waals surface area contributed by atoms with Gasteiger partial charge in [-0.2, -0.15) is 0 Å². The number of rotatable bonds is 1. The largest absolute Gasteiger partial charge is 0.465 e. The van der Waals surface area contributed by atoms with Gasteiger partial charge in [0.2, 0.25) is 0 Å². The fourth-order valence-corrected chi connectivity index (χ4v) is 1.03. The first-order chi connectivity index (χ1) is 7.20. The van der Waals surface area contributed by atoms with Crippen LogP contribution in [0.2, 0.25) is 0 Å². The highest BCUT2D eigenvalue weighted by Crippen LogP contribution is 2.12. The van der Waals surface area contributed by atoms with E-state index in [1.54, 1.807) is 0 Å². The SMILES string of the molecule is COC(=O)c1cccc(C#CCO)c1F. The lowest BCUT2D eigenvalue weighted by Gasteiger charge is -2.01. The molecule has 0 aliphatic heterocycles. The summed E-state index contributed by atoms with van der Waals surface area (Å²) in [5.74, 6) is 3.22. The standard InChI is InChI=1S/C11H9FO3/c1-15-11(14)9-6-2-4-8(10(9)12)5-3-7-13/h2,4,6,13H,7H2,1H3. The Morgan fingerprint density at radius 2 is 2.33 bits per heavy atom. The number of hydrogen-bond acceptors (Lipinski definition) is 3. The summed E-state index contributed by atoms with van der Waals surface area (Å²) in [6.07, 6.45) is 0. The van der Waals surface area contributed by atoms with E-state index in [0.29, 0.717) is 0 Å². The minimum atomic E-state index is -0.750. The fourth-order valence-electron chi connectivity index (χ4n) is 1.03. The fraction of sp³-hybridized carbons (Fsp3) is 0.182. The Morgan fingerprint density at radius 3 is 2.93 bits per heavy atom. The van der Waals surface area contributed by atoms with E-state index in [-0.39, 0.29) is 17.7 Å². The van der Waals surface area contributed by atoms with Crippen LogP contribution in [0.1, 0.15) is 15.9 Å². The lowest BCUT2D eigenvalue weighted by atomic mass is 10.1. The summed E-state index contributed by atoms with van der Waals surface area (Å²) in [4.78, 5) is 11.1. The van der Waals surface area contributed by atoms with Crippen LogP contribution in [0.4, 0.5) is 4.39 Å². The predicted molar refractivity (Wildman–Crippen MR) is 51.7 cm³/mol. The average molecular weight is 208 g/mol. The van der Waals surface area contributed by atoms with Crippen LogP contribution in [0.3, 0.4) is 0 Å². The van der Waals surface area contributed by atoms with Crippen molar-refractivity contribution in [2.75, 3.05) is 13.7 Å². The first kappa shape index (κ1) is 11.2. The van der Waals surface area contributed by atoms with Gasteiger partial charge in [-0.15, -0.1) is 0 Å². The number of hydrogen-bond donors (Lipinski definition) is 1. The molecule has 0 unspecified atom stereocenters. The molecule has 78 valence electrons. The normalized spacial score (nSPS) is 9.00. The van der Waals surface area contributed by atoms with E-state index in [2.05, 4.69) is 16.6 Å². The molecule has 0 fully saturated rings. The highest BCUT2D eigenvalue weighted by atomic mass is 19.1. The summed E-state index contributed by atoms with van der Waals surface area (Å²) < 4.78 is 17.9. The molecule has 0 bridgehead atoms. The van der Waals surface area contributed by atoms with E-state index < -0.39 is 11.8 Å². The summed E-state index contributed by atoms with van der Waals surface area (Å²) in [5, 5.41) is 8.46. The molecular formula is C11H9FO3. The molecule has 0 amide bonds. The van der Waals surface area contributed by atoms with Crippen LogP contribution in [0.25, 0.3) is 0 Å². The number of ether oxygens (including phenoxy) is 1. The number of carbonyl (C=O) groups excluding carboxylic acids is 1. The molecule has 0 aliphatic rings. The van der Waals surface area contributed by atoms with Crippen LogP contribution in [0, 0.1) is 17.7 Å². The van der Waals surface area contributed by atoms with Crippen LogP contribution < -0.4 is 0 Å². The van der Waals surface area contributed by atoms with Gasteiger partial charge in [0, 0.05) is 0 Å². The van der Waals surface area contributed by atoms with Crippen LogP contribution in [-0.4, -0.2) is 24.8 Å². The van der Waals surface area contributed by atoms with Crippen molar-refractivity contribution in [2.45, 2.75) is 0 Å². The second-order valence-electron chi connectivity index (χ2n) is 2.62. The van der Waals surface area contributed by atoms with Crippen molar-refractivity contribution in [1.29, 1.82) is 0 Å². The average Bonchev–Trinajstić information content (AvgIpc) is 2.27. The van der Waals surface area contributed by atoms with E-state index in [1.165, 1.54) is 25.3 Å². The van der Waals surface area contributed by atoms with Gasteiger partial charge in [-0.25, -0.2) is 9.18 Å². The maximum Gasteiger partial charge on any atom is 0.340 e. The molecule has 3 nitrogen and oxygen atoms in total. The minimum absolute atomic E-state index is 0.0620. The van der Waals surface area contributed by atoms with Gasteiger partial charge in [-0.3, -0.25) is 0 Å². The van der Waals surface area contributed by atoms with Gasteiger partial charge in [0.15, 0.2) is 5.82 Å². The van der Waals surface area contributed by atoms with E-state index in [0.717, 1.165) is 0 Å². The van der Waals surface area contributed by atoms with Gasteiger partial charge in [-0.1, -0.05) is 17.9 Å². The molecule has 1 rings (SSSR count). The number of aliphatic hydroxyl groups excluding tert-OH is 1. The zero-order chi connectivity index (χ0) is 11.3. The maximum atomic E-state index is 13.5. The van der Waals surface area contributed by atoms with Gasteiger partial charge >= 0.3 is 5.97 Å². The Balaban J connectivity index is 3.17. The maximum absolute atomic E-state index is 13.5. The summed E-state index contributed by atoms with van der Waals surface area (Å²) in [6.45, 7) is -0.359. The molecule has 0 saturated heterocycles. The number of halogens is 1. The van der Waals surface area contributed by atoms with Crippen molar-refractivity contribution in [1.82, 2.24) is 0 Å². The van der Waals surface area contributed by atoms with Crippen LogP contribution in [0.5, 0.6) is 0 Å². The molecule has 0 spiro atoms. The quantitative estimate of drug-likeness (QED) is 0.552. The number of esters is 1. The van der Waals surface area contributed by atoms with E-state index in [9.17, 15) is 9.18 Å². The first-order valence-corrected chi connectivity index (χ1v) is 4.17. The van der Waals surface area contributed by atoms with Crippen LogP contribution >= 0.6 is 0 Å². The van der Waals surface area contributed by atoms with Gasteiger partial charge in [0.05, 0.1) is 18.2 Å². The van der Waals surface area contributed by atoms with Crippen LogP contribution in [0.15, 0.2) is 18.2 Å². The molecule has 1 aromatic rings. The van der Waals surface area contributed by atoms with E-state index in [1.807, 2.05) is 0 Å². The summed E-state index contributed by atoms with van der Waals surface area (Å²) in [7, 11) is 1.17. The Hall–Kier alpha value is -1.86. The Kier molecular flexibility index (Phi) is 3.83. The topological polar surface area (TPSA) is 46.5 Å². The van der Waals surface area contributed by atoms with E-state index >= 15 is 0 Å². The number of benzene rings is 1. The number of aliphatic hydroxyl groups is 1. The van der Waals surface area contributed by atoms with E-state index in [4.69, 9.17) is 5.11 Å². The third kappa shape index (κ3) is 2.55. The zero-order valence-electron chi connectivity index (χ0n) is 8.08. The lowest BCUT2D eigenvalue weighted by molar-refractivity contribution is 0.0595. The highest BCUT2D eigenvalue weighted by molar-refractivity contribution is 5.90. The smallest absolute Gasteiger partial charge is 0.340 e. The van der Waals surface area contributed by atoms with Crippen molar-refractivity contribution in [2.24, 2.45) is 0 Å². The molecule has 0 radical (unpaired) electrons. The summed E-state index contributed by atoms with van der Waals surface area (Å²) >= 11 is 0. The Bertz CT molecular complexity index is 429. The number of carbonyl (C=O) groups is 1. The highest BCUT2D eigenvalue weighted by Gasteiger charge is 2.13. The van der Waals surface area contributed by atoms with Gasteiger partial charge in [0.25, 0.3) is 0 Å². The summed E-state index contributed by atoms with van der Waals surface area (Å²) in [6, 6.07) is 4.23.